The Morgan fingerprint density at radius 1 is 1.43 bits per heavy atom. The van der Waals surface area contributed by atoms with Gasteiger partial charge in [0, 0.05) is 0 Å². The molecule has 0 aromatic carbocycles. The maximum absolute atomic E-state index is 13.0. The van der Waals surface area contributed by atoms with Gasteiger partial charge in [-0.05, 0) is 32.1 Å². The minimum atomic E-state index is -2.88. The molecular weight excluding hydrogens is 207 g/mol. The summed E-state index contributed by atoms with van der Waals surface area (Å²) in [5.74, 6) is -0.124. The first-order valence-electron chi connectivity index (χ1n) is 4.75. The second-order valence-corrected chi connectivity index (χ2v) is 6.21. The maximum atomic E-state index is 13.0. The zero-order valence-corrected chi connectivity index (χ0v) is 9.02. The molecule has 82 valence electrons. The molecule has 1 atom stereocenters. The normalized spacial score (nSPS) is 24.4. The number of sulfone groups is 1. The van der Waals surface area contributed by atoms with E-state index in [2.05, 4.69) is 0 Å². The van der Waals surface area contributed by atoms with Gasteiger partial charge < -0.3 is 0 Å². The van der Waals surface area contributed by atoms with Gasteiger partial charge in [-0.2, -0.15) is 0 Å². The lowest BCUT2D eigenvalue weighted by Crippen LogP contribution is -2.26. The van der Waals surface area contributed by atoms with E-state index in [1.54, 1.807) is 0 Å². The number of halogens is 1. The van der Waals surface area contributed by atoms with Gasteiger partial charge in [0.05, 0.1) is 11.5 Å². The fourth-order valence-corrected chi connectivity index (χ4v) is 3.22. The summed E-state index contributed by atoms with van der Waals surface area (Å²) in [5, 5.41) is 0. The molecule has 1 aliphatic heterocycles. The zero-order valence-electron chi connectivity index (χ0n) is 8.20. The quantitative estimate of drug-likeness (QED) is 0.719. The molecule has 0 amide bonds. The molecule has 0 aromatic rings. The van der Waals surface area contributed by atoms with Crippen LogP contribution in [0.5, 0.6) is 0 Å². The molecule has 0 aromatic heterocycles. The van der Waals surface area contributed by atoms with E-state index in [9.17, 15) is 17.6 Å². The summed E-state index contributed by atoms with van der Waals surface area (Å²) in [6.07, 6.45) is -0.238. The summed E-state index contributed by atoms with van der Waals surface area (Å²) in [5.41, 5.74) is 0. The van der Waals surface area contributed by atoms with Gasteiger partial charge in [-0.3, -0.25) is 4.79 Å². The van der Waals surface area contributed by atoms with Crippen molar-refractivity contribution in [2.75, 3.05) is 11.5 Å². The molecule has 0 N–H and O–H groups in total. The SMILES string of the molecule is CC(=O)C(F)CC1CCS(=O)(=O)CC1. The van der Waals surface area contributed by atoms with E-state index >= 15 is 0 Å². The number of ketones is 1. The minimum absolute atomic E-state index is 0.0532. The number of alkyl halides is 1. The topological polar surface area (TPSA) is 51.2 Å². The lowest BCUT2D eigenvalue weighted by Gasteiger charge is -2.22. The van der Waals surface area contributed by atoms with Crippen molar-refractivity contribution >= 4 is 15.6 Å². The molecule has 0 bridgehead atoms. The molecule has 14 heavy (non-hydrogen) atoms. The molecule has 1 fully saturated rings. The second-order valence-electron chi connectivity index (χ2n) is 3.91. The Morgan fingerprint density at radius 2 is 1.93 bits per heavy atom. The first-order valence-corrected chi connectivity index (χ1v) is 6.58. The van der Waals surface area contributed by atoms with Crippen LogP contribution >= 0.6 is 0 Å². The lowest BCUT2D eigenvalue weighted by atomic mass is 9.95. The number of hydrogen-bond donors (Lipinski definition) is 0. The Hall–Kier alpha value is -0.450. The fourth-order valence-electron chi connectivity index (χ4n) is 1.63. The molecular formula is C9H15FO3S. The number of Topliss-reactive ketones (excluding diaryl/α,β-unsaturated/α-hetero) is 1. The van der Waals surface area contributed by atoms with Gasteiger partial charge in [-0.25, -0.2) is 12.8 Å². The van der Waals surface area contributed by atoms with Crippen molar-refractivity contribution in [1.29, 1.82) is 0 Å². The Labute approximate surface area is 83.6 Å². The van der Waals surface area contributed by atoms with Gasteiger partial charge in [0.25, 0.3) is 0 Å². The van der Waals surface area contributed by atoms with Crippen LogP contribution in [0.25, 0.3) is 0 Å². The highest BCUT2D eigenvalue weighted by Gasteiger charge is 2.26. The molecule has 0 spiro atoms. The van der Waals surface area contributed by atoms with Gasteiger partial charge in [0.15, 0.2) is 12.0 Å². The van der Waals surface area contributed by atoms with Crippen LogP contribution in [0.4, 0.5) is 4.39 Å². The average Bonchev–Trinajstić information content (AvgIpc) is 2.08. The molecule has 3 nitrogen and oxygen atoms in total. The van der Waals surface area contributed by atoms with Gasteiger partial charge in [-0.15, -0.1) is 0 Å². The molecule has 1 unspecified atom stereocenters. The van der Waals surface area contributed by atoms with E-state index in [0.29, 0.717) is 12.8 Å². The highest BCUT2D eigenvalue weighted by Crippen LogP contribution is 2.24. The molecule has 1 rings (SSSR count). The smallest absolute Gasteiger partial charge is 0.163 e. The third-order valence-electron chi connectivity index (χ3n) is 2.66. The summed E-state index contributed by atoms with van der Waals surface area (Å²) in [6, 6.07) is 0. The first-order chi connectivity index (χ1) is 6.41. The van der Waals surface area contributed by atoms with Crippen molar-refractivity contribution < 1.29 is 17.6 Å². The molecule has 1 aliphatic rings. The third kappa shape index (κ3) is 3.36. The van der Waals surface area contributed by atoms with Crippen molar-refractivity contribution in [3.05, 3.63) is 0 Å². The van der Waals surface area contributed by atoms with Crippen molar-refractivity contribution in [3.8, 4) is 0 Å². The molecule has 0 saturated carbocycles. The summed E-state index contributed by atoms with van der Waals surface area (Å²) in [7, 11) is -2.88. The van der Waals surface area contributed by atoms with Crippen LogP contribution in [0.1, 0.15) is 26.2 Å². The van der Waals surface area contributed by atoms with Gasteiger partial charge in [0.2, 0.25) is 0 Å². The molecule has 1 saturated heterocycles. The standard InChI is InChI=1S/C9H15FO3S/c1-7(11)9(10)6-8-2-4-14(12,13)5-3-8/h8-9H,2-6H2,1H3. The van der Waals surface area contributed by atoms with Crippen molar-refractivity contribution in [2.45, 2.75) is 32.4 Å². The fraction of sp³-hybridized carbons (Fsp3) is 0.889. The Bertz CT molecular complexity index is 296. The minimum Gasteiger partial charge on any atom is -0.297 e. The van der Waals surface area contributed by atoms with E-state index < -0.39 is 21.8 Å². The largest absolute Gasteiger partial charge is 0.297 e. The maximum Gasteiger partial charge on any atom is 0.163 e. The van der Waals surface area contributed by atoms with Crippen molar-refractivity contribution in [3.63, 3.8) is 0 Å². The summed E-state index contributed by atoms with van der Waals surface area (Å²) < 4.78 is 35.1. The highest BCUT2D eigenvalue weighted by atomic mass is 32.2. The number of rotatable bonds is 3. The lowest BCUT2D eigenvalue weighted by molar-refractivity contribution is -0.122. The van der Waals surface area contributed by atoms with E-state index in [1.165, 1.54) is 6.92 Å². The van der Waals surface area contributed by atoms with Crippen LogP contribution in [0.3, 0.4) is 0 Å². The van der Waals surface area contributed by atoms with E-state index in [1.807, 2.05) is 0 Å². The van der Waals surface area contributed by atoms with Crippen LogP contribution in [0.15, 0.2) is 0 Å². The summed E-state index contributed by atoms with van der Waals surface area (Å²) in [4.78, 5) is 10.7. The van der Waals surface area contributed by atoms with Crippen molar-refractivity contribution in [2.24, 2.45) is 5.92 Å². The predicted molar refractivity (Wildman–Crippen MR) is 51.6 cm³/mol. The van der Waals surface area contributed by atoms with Gasteiger partial charge in [0.1, 0.15) is 9.84 Å². The van der Waals surface area contributed by atoms with Gasteiger partial charge in [-0.1, -0.05) is 0 Å². The van der Waals surface area contributed by atoms with Crippen molar-refractivity contribution in [1.82, 2.24) is 0 Å². The van der Waals surface area contributed by atoms with Crippen LogP contribution in [-0.4, -0.2) is 31.9 Å². The van der Waals surface area contributed by atoms with E-state index in [-0.39, 0.29) is 23.8 Å². The number of carbonyl (C=O) groups is 1. The molecule has 1 heterocycles. The third-order valence-corrected chi connectivity index (χ3v) is 4.37. The zero-order chi connectivity index (χ0) is 10.8. The van der Waals surface area contributed by atoms with Crippen LogP contribution in [0, 0.1) is 5.92 Å². The highest BCUT2D eigenvalue weighted by molar-refractivity contribution is 7.91. The van der Waals surface area contributed by atoms with Gasteiger partial charge >= 0.3 is 0 Å². The molecule has 5 heteroatoms. The molecule has 0 aliphatic carbocycles. The number of carbonyl (C=O) groups excluding carboxylic acids is 1. The Balaban J connectivity index is 2.40. The summed E-state index contributed by atoms with van der Waals surface area (Å²) >= 11 is 0. The van der Waals surface area contributed by atoms with Crippen LogP contribution < -0.4 is 0 Å². The van der Waals surface area contributed by atoms with E-state index in [4.69, 9.17) is 0 Å². The van der Waals surface area contributed by atoms with Crippen LogP contribution in [-0.2, 0) is 14.6 Å². The molecule has 0 radical (unpaired) electrons. The second kappa shape index (κ2) is 4.38. The van der Waals surface area contributed by atoms with Crippen LogP contribution in [0.2, 0.25) is 0 Å². The first kappa shape index (κ1) is 11.6. The van der Waals surface area contributed by atoms with E-state index in [0.717, 1.165) is 0 Å². The number of hydrogen-bond acceptors (Lipinski definition) is 3. The Kier molecular flexibility index (Phi) is 3.64. The monoisotopic (exact) mass is 222 g/mol. The summed E-state index contributed by atoms with van der Waals surface area (Å²) in [6.45, 7) is 1.23. The predicted octanol–water partition coefficient (Wildman–Crippen LogP) is 1.13. The Morgan fingerprint density at radius 3 is 2.36 bits per heavy atom. The average molecular weight is 222 g/mol.